The molecule has 26 heavy (non-hydrogen) atoms. The second-order valence-corrected chi connectivity index (χ2v) is 6.66. The van der Waals surface area contributed by atoms with E-state index in [-0.39, 0.29) is 5.91 Å². The summed E-state index contributed by atoms with van der Waals surface area (Å²) in [5.41, 5.74) is 2.32. The summed E-state index contributed by atoms with van der Waals surface area (Å²) < 4.78 is 0. The van der Waals surface area contributed by atoms with E-state index in [1.165, 1.54) is 38.8 Å². The van der Waals surface area contributed by atoms with Crippen molar-refractivity contribution in [2.24, 2.45) is 0 Å². The van der Waals surface area contributed by atoms with E-state index in [1.54, 1.807) is 24.7 Å². The summed E-state index contributed by atoms with van der Waals surface area (Å²) in [6.07, 6.45) is 10.4. The van der Waals surface area contributed by atoms with Crippen molar-refractivity contribution in [2.45, 2.75) is 32.2 Å². The van der Waals surface area contributed by atoms with Crippen molar-refractivity contribution in [3.8, 4) is 0 Å². The maximum absolute atomic E-state index is 12.3. The van der Waals surface area contributed by atoms with Gasteiger partial charge in [-0.05, 0) is 49.7 Å². The van der Waals surface area contributed by atoms with Crippen molar-refractivity contribution >= 4 is 11.6 Å². The first-order chi connectivity index (χ1) is 12.8. The van der Waals surface area contributed by atoms with Crippen LogP contribution in [-0.4, -0.2) is 47.0 Å². The molecule has 2 aromatic heterocycles. The fourth-order valence-corrected chi connectivity index (χ4v) is 3.16. The molecule has 1 aliphatic rings. The summed E-state index contributed by atoms with van der Waals surface area (Å²) in [5.74, 6) is -0.176. The normalized spacial score (nSPS) is 15.2. The van der Waals surface area contributed by atoms with Crippen LogP contribution in [0.25, 0.3) is 0 Å². The molecule has 3 rings (SSSR count). The van der Waals surface area contributed by atoms with Crippen molar-refractivity contribution in [1.82, 2.24) is 20.2 Å². The van der Waals surface area contributed by atoms with Crippen LogP contribution in [0.5, 0.6) is 0 Å². The molecule has 3 heterocycles. The van der Waals surface area contributed by atoms with E-state index in [4.69, 9.17) is 0 Å². The Morgan fingerprint density at radius 2 is 1.96 bits per heavy atom. The van der Waals surface area contributed by atoms with Crippen LogP contribution in [0.3, 0.4) is 0 Å². The zero-order chi connectivity index (χ0) is 18.0. The number of likely N-dealkylation sites (tertiary alicyclic amines) is 1. The molecule has 0 aliphatic carbocycles. The smallest absolute Gasteiger partial charge is 0.270 e. The highest BCUT2D eigenvalue weighted by Crippen LogP contribution is 2.11. The second-order valence-electron chi connectivity index (χ2n) is 6.66. The molecule has 1 amide bonds. The van der Waals surface area contributed by atoms with Crippen LogP contribution in [0.2, 0.25) is 0 Å². The number of pyridine rings is 2. The number of hydrogen-bond acceptors (Lipinski definition) is 5. The van der Waals surface area contributed by atoms with Crippen LogP contribution in [0.1, 0.15) is 41.7 Å². The fourth-order valence-electron chi connectivity index (χ4n) is 3.16. The highest BCUT2D eigenvalue weighted by molar-refractivity contribution is 5.93. The molecule has 0 radical (unpaired) electrons. The first-order valence-corrected chi connectivity index (χ1v) is 9.41. The van der Waals surface area contributed by atoms with Gasteiger partial charge in [-0.3, -0.25) is 14.8 Å². The van der Waals surface area contributed by atoms with E-state index in [0.717, 1.165) is 24.3 Å². The van der Waals surface area contributed by atoms with E-state index in [9.17, 15) is 4.79 Å². The maximum atomic E-state index is 12.3. The van der Waals surface area contributed by atoms with Gasteiger partial charge in [0.1, 0.15) is 5.69 Å². The third kappa shape index (κ3) is 5.81. The molecule has 2 N–H and O–H groups in total. The van der Waals surface area contributed by atoms with Crippen LogP contribution in [0, 0.1) is 0 Å². The van der Waals surface area contributed by atoms with E-state index >= 15 is 0 Å². The molecule has 138 valence electrons. The van der Waals surface area contributed by atoms with Crippen molar-refractivity contribution < 1.29 is 4.79 Å². The molecule has 1 fully saturated rings. The summed E-state index contributed by atoms with van der Waals surface area (Å²) in [6, 6.07) is 7.50. The van der Waals surface area contributed by atoms with Crippen LogP contribution >= 0.6 is 0 Å². The lowest BCUT2D eigenvalue weighted by molar-refractivity contribution is 0.0946. The number of nitrogens with zero attached hydrogens (tertiary/aromatic N) is 3. The highest BCUT2D eigenvalue weighted by atomic mass is 16.1. The molecular formula is C20H27N5O. The van der Waals surface area contributed by atoms with Gasteiger partial charge in [-0.1, -0.05) is 18.9 Å². The van der Waals surface area contributed by atoms with Crippen LogP contribution in [-0.2, 0) is 6.54 Å². The quantitative estimate of drug-likeness (QED) is 0.801. The highest BCUT2D eigenvalue weighted by Gasteiger charge is 2.10. The number of nitrogens with one attached hydrogen (secondary N) is 2. The summed E-state index contributed by atoms with van der Waals surface area (Å²) in [5, 5.41) is 6.29. The first-order valence-electron chi connectivity index (χ1n) is 9.41. The maximum Gasteiger partial charge on any atom is 0.270 e. The van der Waals surface area contributed by atoms with E-state index < -0.39 is 0 Å². The van der Waals surface area contributed by atoms with Crippen LogP contribution in [0.15, 0.2) is 42.9 Å². The van der Waals surface area contributed by atoms with Gasteiger partial charge in [0.2, 0.25) is 0 Å². The lowest BCUT2D eigenvalue weighted by atomic mass is 10.2. The summed E-state index contributed by atoms with van der Waals surface area (Å²) >= 11 is 0. The van der Waals surface area contributed by atoms with Crippen molar-refractivity contribution in [2.75, 3.05) is 31.5 Å². The topological polar surface area (TPSA) is 70.2 Å². The van der Waals surface area contributed by atoms with E-state index in [1.807, 2.05) is 18.2 Å². The minimum Gasteiger partial charge on any atom is -0.384 e. The monoisotopic (exact) mass is 353 g/mol. The standard InChI is InChI=1S/C20H27N5O/c26-20(24-16-17-6-5-8-21-15-17)19-14-18(7-9-23-19)22-10-13-25-11-3-1-2-4-12-25/h5-9,14-15H,1-4,10-13,16H2,(H,22,23)(H,24,26). The van der Waals surface area contributed by atoms with Gasteiger partial charge in [-0.2, -0.15) is 0 Å². The molecule has 0 atom stereocenters. The molecule has 2 aromatic rings. The fraction of sp³-hybridized carbons (Fsp3) is 0.450. The molecule has 6 nitrogen and oxygen atoms in total. The minimum atomic E-state index is -0.176. The lowest BCUT2D eigenvalue weighted by Gasteiger charge is -2.20. The van der Waals surface area contributed by atoms with Crippen LogP contribution < -0.4 is 10.6 Å². The molecular weight excluding hydrogens is 326 g/mol. The number of anilines is 1. The average Bonchev–Trinajstić information content (AvgIpc) is 2.96. The van der Waals surface area contributed by atoms with Crippen molar-refractivity contribution in [3.63, 3.8) is 0 Å². The lowest BCUT2D eigenvalue weighted by Crippen LogP contribution is -2.30. The summed E-state index contributed by atoms with van der Waals surface area (Å²) in [6.45, 7) is 4.74. The second kappa shape index (κ2) is 9.87. The molecule has 1 saturated heterocycles. The zero-order valence-corrected chi connectivity index (χ0v) is 15.2. The SMILES string of the molecule is O=C(NCc1cccnc1)c1cc(NCCN2CCCCCC2)ccn1. The van der Waals surface area contributed by atoms with E-state index in [2.05, 4.69) is 25.5 Å². The van der Waals surface area contributed by atoms with E-state index in [0.29, 0.717) is 12.2 Å². The van der Waals surface area contributed by atoms with Gasteiger partial charge in [-0.15, -0.1) is 0 Å². The Bertz CT molecular complexity index is 684. The van der Waals surface area contributed by atoms with Crippen LogP contribution in [0.4, 0.5) is 5.69 Å². The molecule has 0 spiro atoms. The number of amides is 1. The molecule has 0 aromatic carbocycles. The third-order valence-corrected chi connectivity index (χ3v) is 4.62. The van der Waals surface area contributed by atoms with Gasteiger partial charge >= 0.3 is 0 Å². The molecule has 0 unspecified atom stereocenters. The number of hydrogen-bond donors (Lipinski definition) is 2. The average molecular weight is 353 g/mol. The van der Waals surface area contributed by atoms with Gasteiger partial charge in [0, 0.05) is 43.9 Å². The van der Waals surface area contributed by atoms with Gasteiger partial charge in [0.05, 0.1) is 0 Å². The Morgan fingerprint density at radius 1 is 1.12 bits per heavy atom. The molecule has 6 heteroatoms. The van der Waals surface area contributed by atoms with Crippen molar-refractivity contribution in [3.05, 3.63) is 54.1 Å². The van der Waals surface area contributed by atoms with Gasteiger partial charge in [0.15, 0.2) is 0 Å². The molecule has 0 bridgehead atoms. The number of aromatic nitrogens is 2. The minimum absolute atomic E-state index is 0.176. The Balaban J connectivity index is 1.46. The number of rotatable bonds is 7. The predicted molar refractivity (Wildman–Crippen MR) is 103 cm³/mol. The third-order valence-electron chi connectivity index (χ3n) is 4.62. The predicted octanol–water partition coefficient (Wildman–Crippen LogP) is 2.69. The Labute approximate surface area is 155 Å². The largest absolute Gasteiger partial charge is 0.384 e. The zero-order valence-electron chi connectivity index (χ0n) is 15.2. The Kier molecular flexibility index (Phi) is 6.96. The Hall–Kier alpha value is -2.47. The number of carbonyl (C=O) groups is 1. The first kappa shape index (κ1) is 18.3. The summed E-state index contributed by atoms with van der Waals surface area (Å²) in [4.78, 5) is 23.0. The molecule has 1 aliphatic heterocycles. The number of carbonyl (C=O) groups excluding carboxylic acids is 1. The van der Waals surface area contributed by atoms with Gasteiger partial charge in [-0.25, -0.2) is 0 Å². The van der Waals surface area contributed by atoms with Gasteiger partial charge < -0.3 is 15.5 Å². The summed E-state index contributed by atoms with van der Waals surface area (Å²) in [7, 11) is 0. The molecule has 0 saturated carbocycles. The van der Waals surface area contributed by atoms with Crippen molar-refractivity contribution in [1.29, 1.82) is 0 Å². The van der Waals surface area contributed by atoms with Gasteiger partial charge in [0.25, 0.3) is 5.91 Å². The Morgan fingerprint density at radius 3 is 2.73 bits per heavy atom.